The first kappa shape index (κ1) is 24.6. The summed E-state index contributed by atoms with van der Waals surface area (Å²) in [6.07, 6.45) is 1.25. The molecule has 0 radical (unpaired) electrons. The molecule has 3 rings (SSSR count). The summed E-state index contributed by atoms with van der Waals surface area (Å²) in [5.74, 6) is 3.06. The Bertz CT molecular complexity index is 724. The lowest BCUT2D eigenvalue weighted by Crippen LogP contribution is -2.42. The normalized spacial score (nSPS) is 21.4. The minimum atomic E-state index is 0.149. The van der Waals surface area contributed by atoms with E-state index in [2.05, 4.69) is 46.4 Å². The van der Waals surface area contributed by atoms with Crippen molar-refractivity contribution in [3.8, 4) is 11.5 Å². The predicted octanol–water partition coefficient (Wildman–Crippen LogP) is 1.97. The molecule has 2 heterocycles. The summed E-state index contributed by atoms with van der Waals surface area (Å²) < 4.78 is 16.6. The molecule has 2 fully saturated rings. The number of likely N-dealkylation sites (tertiary alicyclic amines) is 1. The maximum atomic E-state index is 5.59. The summed E-state index contributed by atoms with van der Waals surface area (Å²) in [4.78, 5) is 9.96. The van der Waals surface area contributed by atoms with Gasteiger partial charge >= 0.3 is 0 Å². The molecule has 0 bridgehead atoms. The second-order valence-corrected chi connectivity index (χ2v) is 8.43. The molecule has 0 aromatic heterocycles. The van der Waals surface area contributed by atoms with Crippen molar-refractivity contribution < 1.29 is 14.2 Å². The molecule has 1 aromatic rings. The smallest absolute Gasteiger partial charge is 0.191 e. The predicted molar refractivity (Wildman–Crippen MR) is 129 cm³/mol. The molecule has 8 nitrogen and oxygen atoms in total. The Morgan fingerprint density at radius 3 is 2.56 bits per heavy atom. The molecule has 0 spiro atoms. The summed E-state index contributed by atoms with van der Waals surface area (Å²) in [6.45, 7) is 13.6. The average Bonchev–Trinajstić information content (AvgIpc) is 3.31. The lowest BCUT2D eigenvalue weighted by molar-refractivity contribution is 0.0179. The number of ether oxygens (including phenoxy) is 3. The number of guanidine groups is 1. The van der Waals surface area contributed by atoms with E-state index in [9.17, 15) is 0 Å². The number of benzene rings is 1. The second kappa shape index (κ2) is 12.9. The number of nitrogens with zero attached hydrogens (tertiary/aromatic N) is 3. The summed E-state index contributed by atoms with van der Waals surface area (Å²) >= 11 is 0. The van der Waals surface area contributed by atoms with E-state index in [4.69, 9.17) is 19.2 Å². The first-order valence-electron chi connectivity index (χ1n) is 12.0. The molecule has 2 aliphatic rings. The van der Waals surface area contributed by atoms with Crippen molar-refractivity contribution in [1.29, 1.82) is 0 Å². The van der Waals surface area contributed by atoms with E-state index in [0.717, 1.165) is 63.4 Å². The standard InChI is InChI=1S/C24H41N5O3/c1-5-25-24(26-16-19-9-10-28(6-2)18-19)27-17-21(29-11-13-32-14-12-29)20-7-8-22(30-3)23(15-20)31-4/h7-8,15,19,21H,5-6,9-14,16-18H2,1-4H3,(H2,25,26,27). The van der Waals surface area contributed by atoms with Crippen LogP contribution in [0.15, 0.2) is 23.2 Å². The van der Waals surface area contributed by atoms with Crippen LogP contribution >= 0.6 is 0 Å². The van der Waals surface area contributed by atoms with Gasteiger partial charge in [-0.25, -0.2) is 0 Å². The molecule has 8 heteroatoms. The van der Waals surface area contributed by atoms with Gasteiger partial charge in [0.25, 0.3) is 0 Å². The molecular formula is C24H41N5O3. The van der Waals surface area contributed by atoms with Crippen molar-refractivity contribution >= 4 is 5.96 Å². The van der Waals surface area contributed by atoms with Crippen LogP contribution in [0, 0.1) is 5.92 Å². The second-order valence-electron chi connectivity index (χ2n) is 8.43. The summed E-state index contributed by atoms with van der Waals surface area (Å²) in [5, 5.41) is 7.00. The first-order chi connectivity index (χ1) is 15.7. The van der Waals surface area contributed by atoms with E-state index in [1.54, 1.807) is 14.2 Å². The molecule has 2 aliphatic heterocycles. The van der Waals surface area contributed by atoms with E-state index >= 15 is 0 Å². The molecule has 0 amide bonds. The first-order valence-corrected chi connectivity index (χ1v) is 12.0. The minimum Gasteiger partial charge on any atom is -0.493 e. The highest BCUT2D eigenvalue weighted by Gasteiger charge is 2.24. The molecule has 0 saturated carbocycles. The van der Waals surface area contributed by atoms with Gasteiger partial charge in [0, 0.05) is 32.7 Å². The van der Waals surface area contributed by atoms with E-state index < -0.39 is 0 Å². The zero-order chi connectivity index (χ0) is 22.8. The number of nitrogens with one attached hydrogen (secondary N) is 2. The van der Waals surface area contributed by atoms with E-state index in [-0.39, 0.29) is 6.04 Å². The van der Waals surface area contributed by atoms with Crippen LogP contribution in [0.5, 0.6) is 11.5 Å². The van der Waals surface area contributed by atoms with Gasteiger partial charge in [-0.2, -0.15) is 0 Å². The fourth-order valence-corrected chi connectivity index (χ4v) is 4.51. The zero-order valence-corrected chi connectivity index (χ0v) is 20.2. The Morgan fingerprint density at radius 1 is 1.12 bits per heavy atom. The Balaban J connectivity index is 1.72. The van der Waals surface area contributed by atoms with E-state index in [1.165, 1.54) is 25.1 Å². The minimum absolute atomic E-state index is 0.149. The highest BCUT2D eigenvalue weighted by atomic mass is 16.5. The Hall–Kier alpha value is -2.03. The van der Waals surface area contributed by atoms with Gasteiger partial charge < -0.3 is 29.7 Å². The molecule has 0 aliphatic carbocycles. The molecule has 2 atom stereocenters. The Kier molecular flexibility index (Phi) is 9.89. The number of morpholine rings is 1. The van der Waals surface area contributed by atoms with Crippen molar-refractivity contribution in [3.05, 3.63) is 23.8 Å². The molecule has 2 N–H and O–H groups in total. The van der Waals surface area contributed by atoms with Gasteiger partial charge in [-0.15, -0.1) is 0 Å². The Labute approximate surface area is 193 Å². The molecule has 180 valence electrons. The van der Waals surface area contributed by atoms with Crippen LogP contribution in [-0.4, -0.2) is 95.6 Å². The number of methoxy groups -OCH3 is 2. The third-order valence-electron chi connectivity index (χ3n) is 6.42. The third kappa shape index (κ3) is 6.73. The lowest BCUT2D eigenvalue weighted by atomic mass is 10.0. The fourth-order valence-electron chi connectivity index (χ4n) is 4.51. The monoisotopic (exact) mass is 447 g/mol. The van der Waals surface area contributed by atoms with Crippen molar-refractivity contribution in [2.75, 3.05) is 79.8 Å². The van der Waals surface area contributed by atoms with Crippen molar-refractivity contribution in [2.45, 2.75) is 26.3 Å². The SMILES string of the molecule is CCNC(=NCC(c1ccc(OC)c(OC)c1)N1CCOCC1)NCC1CCN(CC)C1. The third-order valence-corrected chi connectivity index (χ3v) is 6.42. The lowest BCUT2D eigenvalue weighted by Gasteiger charge is -2.34. The van der Waals surface area contributed by atoms with Gasteiger partial charge in [0.2, 0.25) is 0 Å². The highest BCUT2D eigenvalue weighted by Crippen LogP contribution is 2.32. The molecule has 32 heavy (non-hydrogen) atoms. The number of aliphatic imine (C=N–C) groups is 1. The molecule has 2 saturated heterocycles. The largest absolute Gasteiger partial charge is 0.493 e. The van der Waals surface area contributed by atoms with Gasteiger partial charge in [-0.3, -0.25) is 9.89 Å². The number of hydrogen-bond acceptors (Lipinski definition) is 6. The molecule has 2 unspecified atom stereocenters. The van der Waals surface area contributed by atoms with Crippen LogP contribution in [-0.2, 0) is 4.74 Å². The maximum absolute atomic E-state index is 5.59. The highest BCUT2D eigenvalue weighted by molar-refractivity contribution is 5.79. The van der Waals surface area contributed by atoms with Gasteiger partial charge in [0.05, 0.1) is 40.0 Å². The van der Waals surface area contributed by atoms with Crippen LogP contribution in [0.3, 0.4) is 0 Å². The Morgan fingerprint density at radius 2 is 1.91 bits per heavy atom. The topological polar surface area (TPSA) is 70.6 Å². The zero-order valence-electron chi connectivity index (χ0n) is 20.2. The average molecular weight is 448 g/mol. The van der Waals surface area contributed by atoms with Crippen LogP contribution < -0.4 is 20.1 Å². The van der Waals surface area contributed by atoms with Gasteiger partial charge in [0.1, 0.15) is 0 Å². The van der Waals surface area contributed by atoms with Gasteiger partial charge in [0.15, 0.2) is 17.5 Å². The quantitative estimate of drug-likeness (QED) is 0.420. The van der Waals surface area contributed by atoms with Crippen molar-refractivity contribution in [2.24, 2.45) is 10.9 Å². The van der Waals surface area contributed by atoms with Crippen LogP contribution in [0.25, 0.3) is 0 Å². The molecular weight excluding hydrogens is 406 g/mol. The van der Waals surface area contributed by atoms with Crippen LogP contribution in [0.2, 0.25) is 0 Å². The van der Waals surface area contributed by atoms with Gasteiger partial charge in [-0.05, 0) is 50.0 Å². The fraction of sp³-hybridized carbons (Fsp3) is 0.708. The summed E-state index contributed by atoms with van der Waals surface area (Å²) in [6, 6.07) is 6.33. The number of hydrogen-bond donors (Lipinski definition) is 2. The van der Waals surface area contributed by atoms with Crippen molar-refractivity contribution in [1.82, 2.24) is 20.4 Å². The van der Waals surface area contributed by atoms with E-state index in [0.29, 0.717) is 12.5 Å². The number of rotatable bonds is 10. The van der Waals surface area contributed by atoms with Gasteiger partial charge in [-0.1, -0.05) is 13.0 Å². The van der Waals surface area contributed by atoms with E-state index in [1.807, 2.05) is 6.07 Å². The summed E-state index contributed by atoms with van der Waals surface area (Å²) in [5.41, 5.74) is 1.18. The maximum Gasteiger partial charge on any atom is 0.191 e. The summed E-state index contributed by atoms with van der Waals surface area (Å²) in [7, 11) is 3.35. The van der Waals surface area contributed by atoms with Crippen molar-refractivity contribution in [3.63, 3.8) is 0 Å². The van der Waals surface area contributed by atoms with Crippen LogP contribution in [0.4, 0.5) is 0 Å². The van der Waals surface area contributed by atoms with Crippen LogP contribution in [0.1, 0.15) is 31.9 Å². The molecule has 1 aromatic carbocycles.